The zero-order chi connectivity index (χ0) is 13.9. The third-order valence-electron chi connectivity index (χ3n) is 3.32. The molecule has 0 bridgehead atoms. The van der Waals surface area contributed by atoms with Crippen LogP contribution in [-0.4, -0.2) is 31.2 Å². The summed E-state index contributed by atoms with van der Waals surface area (Å²) in [5.41, 5.74) is 5.35. The lowest BCUT2D eigenvalue weighted by Crippen LogP contribution is -2.25. The molecule has 0 aromatic rings. The maximum atomic E-state index is 11.4. The summed E-state index contributed by atoms with van der Waals surface area (Å²) in [7, 11) is 0. The third-order valence-corrected chi connectivity index (χ3v) is 3.32. The van der Waals surface area contributed by atoms with Crippen LogP contribution in [0.25, 0.3) is 0 Å². The van der Waals surface area contributed by atoms with Crippen LogP contribution in [0.1, 0.15) is 51.9 Å². The van der Waals surface area contributed by atoms with Crippen molar-refractivity contribution in [2.45, 2.75) is 64.1 Å². The topological polar surface area (TPSA) is 67.7 Å². The number of carbonyl (C=O) groups is 1. The van der Waals surface area contributed by atoms with Gasteiger partial charge < -0.3 is 15.8 Å². The largest absolute Gasteiger partial charge is 0.369 e. The Hall–Kier alpha value is -0.870. The summed E-state index contributed by atoms with van der Waals surface area (Å²) in [5.74, 6) is 0.0703. The molecule has 2 atom stereocenters. The summed E-state index contributed by atoms with van der Waals surface area (Å²) >= 11 is 0. The number of nitrogens with one attached hydrogen (secondary N) is 1. The fourth-order valence-electron chi connectivity index (χ4n) is 2.06. The van der Waals surface area contributed by atoms with Crippen LogP contribution in [0.3, 0.4) is 0 Å². The van der Waals surface area contributed by atoms with Gasteiger partial charge >= 0.3 is 0 Å². The Balaban J connectivity index is 1.95. The van der Waals surface area contributed by atoms with Gasteiger partial charge in [0.15, 0.2) is 0 Å². The molecule has 1 heterocycles. The second-order valence-corrected chi connectivity index (χ2v) is 5.11. The number of hydrogen-bond acceptors (Lipinski definition) is 3. The number of epoxide rings is 1. The summed E-state index contributed by atoms with van der Waals surface area (Å²) < 4.78 is 5.58. The molecule has 0 aromatic carbocycles. The maximum absolute atomic E-state index is 11.4. The molecule has 4 heteroatoms. The molecule has 0 spiro atoms. The van der Waals surface area contributed by atoms with Crippen molar-refractivity contribution in [1.82, 2.24) is 5.32 Å². The van der Waals surface area contributed by atoms with Crippen molar-refractivity contribution in [3.05, 3.63) is 12.2 Å². The number of carbonyl (C=O) groups excluding carboxylic acids is 1. The average Bonchev–Trinajstić information content (AvgIpc) is 3.14. The van der Waals surface area contributed by atoms with E-state index in [0.29, 0.717) is 31.7 Å². The molecule has 0 radical (unpaired) electrons. The van der Waals surface area contributed by atoms with Crippen molar-refractivity contribution in [3.8, 4) is 0 Å². The first-order valence-corrected chi connectivity index (χ1v) is 7.55. The van der Waals surface area contributed by atoms with Gasteiger partial charge in [0.05, 0.1) is 12.2 Å². The minimum Gasteiger partial charge on any atom is -0.369 e. The van der Waals surface area contributed by atoms with E-state index in [9.17, 15) is 4.79 Å². The van der Waals surface area contributed by atoms with Gasteiger partial charge in [-0.05, 0) is 25.8 Å². The van der Waals surface area contributed by atoms with E-state index >= 15 is 0 Å². The van der Waals surface area contributed by atoms with E-state index in [-0.39, 0.29) is 5.91 Å². The Morgan fingerprint density at radius 1 is 1.26 bits per heavy atom. The van der Waals surface area contributed by atoms with Crippen LogP contribution in [0, 0.1) is 0 Å². The minimum atomic E-state index is 0.0703. The highest BCUT2D eigenvalue weighted by Crippen LogP contribution is 2.30. The van der Waals surface area contributed by atoms with E-state index in [4.69, 9.17) is 10.5 Å². The molecular formula is C15H28N2O2. The lowest BCUT2D eigenvalue weighted by Gasteiger charge is -2.00. The van der Waals surface area contributed by atoms with Gasteiger partial charge in [0, 0.05) is 13.0 Å². The van der Waals surface area contributed by atoms with E-state index in [0.717, 1.165) is 12.8 Å². The molecule has 19 heavy (non-hydrogen) atoms. The van der Waals surface area contributed by atoms with Gasteiger partial charge in [-0.1, -0.05) is 38.3 Å². The van der Waals surface area contributed by atoms with Gasteiger partial charge in [-0.15, -0.1) is 0 Å². The van der Waals surface area contributed by atoms with Crippen molar-refractivity contribution in [3.63, 3.8) is 0 Å². The lowest BCUT2D eigenvalue weighted by atomic mass is 10.1. The van der Waals surface area contributed by atoms with E-state index in [1.165, 1.54) is 25.7 Å². The number of ether oxygens (including phenoxy) is 1. The average molecular weight is 268 g/mol. The van der Waals surface area contributed by atoms with Crippen molar-refractivity contribution in [2.24, 2.45) is 5.73 Å². The Bertz CT molecular complexity index is 279. The first-order valence-electron chi connectivity index (χ1n) is 7.55. The fraction of sp³-hybridized carbons (Fsp3) is 0.800. The number of unbranched alkanes of at least 4 members (excludes halogenated alkanes) is 2. The van der Waals surface area contributed by atoms with E-state index < -0.39 is 0 Å². The summed E-state index contributed by atoms with van der Waals surface area (Å²) in [5, 5.41) is 2.83. The molecule has 1 fully saturated rings. The van der Waals surface area contributed by atoms with Crippen LogP contribution in [0.15, 0.2) is 12.2 Å². The van der Waals surface area contributed by atoms with Crippen LogP contribution in [0.5, 0.6) is 0 Å². The zero-order valence-corrected chi connectivity index (χ0v) is 12.1. The standard InChI is InChI=1S/C15H28N2O2/c1-2-3-4-8-13-14(19-13)9-5-6-10-15(18)17-12-7-11-16/h5-6,13-14H,2-4,7-12,16H2,1H3,(H,17,18). The molecule has 0 aliphatic carbocycles. The van der Waals surface area contributed by atoms with E-state index in [2.05, 4.69) is 18.3 Å². The Labute approximate surface area is 116 Å². The lowest BCUT2D eigenvalue weighted by molar-refractivity contribution is -0.120. The smallest absolute Gasteiger partial charge is 0.223 e. The number of hydrogen-bond donors (Lipinski definition) is 2. The monoisotopic (exact) mass is 268 g/mol. The van der Waals surface area contributed by atoms with E-state index in [1.54, 1.807) is 0 Å². The van der Waals surface area contributed by atoms with Gasteiger partial charge in [0.1, 0.15) is 0 Å². The molecule has 110 valence electrons. The summed E-state index contributed by atoms with van der Waals surface area (Å²) in [6.45, 7) is 3.51. The minimum absolute atomic E-state index is 0.0703. The quantitative estimate of drug-likeness (QED) is 0.343. The molecule has 1 saturated heterocycles. The highest BCUT2D eigenvalue weighted by atomic mass is 16.6. The van der Waals surface area contributed by atoms with Crippen LogP contribution in [-0.2, 0) is 9.53 Å². The van der Waals surface area contributed by atoms with Gasteiger partial charge in [-0.3, -0.25) is 4.79 Å². The zero-order valence-electron chi connectivity index (χ0n) is 12.1. The normalized spacial score (nSPS) is 21.8. The predicted molar refractivity (Wildman–Crippen MR) is 77.9 cm³/mol. The Kier molecular flexibility index (Phi) is 8.50. The molecular weight excluding hydrogens is 240 g/mol. The number of nitrogens with two attached hydrogens (primary N) is 1. The summed E-state index contributed by atoms with van der Waals surface area (Å²) in [6, 6.07) is 0. The van der Waals surface area contributed by atoms with Crippen LogP contribution in [0.2, 0.25) is 0 Å². The van der Waals surface area contributed by atoms with Crippen molar-refractivity contribution in [1.29, 1.82) is 0 Å². The summed E-state index contributed by atoms with van der Waals surface area (Å²) in [4.78, 5) is 11.4. The highest BCUT2D eigenvalue weighted by Gasteiger charge is 2.36. The van der Waals surface area contributed by atoms with Crippen LogP contribution in [0.4, 0.5) is 0 Å². The molecule has 1 amide bonds. The van der Waals surface area contributed by atoms with Crippen LogP contribution < -0.4 is 11.1 Å². The van der Waals surface area contributed by atoms with E-state index in [1.807, 2.05) is 6.08 Å². The highest BCUT2D eigenvalue weighted by molar-refractivity contribution is 5.77. The van der Waals surface area contributed by atoms with Gasteiger partial charge in [-0.2, -0.15) is 0 Å². The fourth-order valence-corrected chi connectivity index (χ4v) is 2.06. The summed E-state index contributed by atoms with van der Waals surface area (Å²) in [6.07, 6.45) is 12.1. The first kappa shape index (κ1) is 16.2. The third kappa shape index (κ3) is 8.01. The molecule has 3 N–H and O–H groups in total. The Morgan fingerprint density at radius 2 is 2.11 bits per heavy atom. The van der Waals surface area contributed by atoms with Crippen molar-refractivity contribution < 1.29 is 9.53 Å². The maximum Gasteiger partial charge on any atom is 0.223 e. The molecule has 0 saturated carbocycles. The first-order chi connectivity index (χ1) is 9.27. The SMILES string of the molecule is CCCCCC1OC1CC=CCC(=O)NCCCN. The molecule has 1 aliphatic heterocycles. The van der Waals surface area contributed by atoms with Gasteiger partial charge in [-0.25, -0.2) is 0 Å². The second kappa shape index (κ2) is 9.98. The predicted octanol–water partition coefficient (Wildman–Crippen LogP) is 2.14. The number of amides is 1. The van der Waals surface area contributed by atoms with Gasteiger partial charge in [0.25, 0.3) is 0 Å². The molecule has 0 aromatic heterocycles. The second-order valence-electron chi connectivity index (χ2n) is 5.11. The molecule has 4 nitrogen and oxygen atoms in total. The molecule has 1 aliphatic rings. The van der Waals surface area contributed by atoms with Crippen LogP contribution >= 0.6 is 0 Å². The van der Waals surface area contributed by atoms with Gasteiger partial charge in [0.2, 0.25) is 5.91 Å². The molecule has 1 rings (SSSR count). The Morgan fingerprint density at radius 3 is 2.84 bits per heavy atom. The van der Waals surface area contributed by atoms with Crippen molar-refractivity contribution in [2.75, 3.05) is 13.1 Å². The number of rotatable bonds is 11. The van der Waals surface area contributed by atoms with Crippen molar-refractivity contribution >= 4 is 5.91 Å². The molecule has 2 unspecified atom stereocenters.